The molecule has 0 aliphatic heterocycles. The number of nitrogens with one attached hydrogen (secondary N) is 2. The van der Waals surface area contributed by atoms with E-state index < -0.39 is 17.8 Å². The fourth-order valence-corrected chi connectivity index (χ4v) is 3.63. The van der Waals surface area contributed by atoms with Crippen molar-refractivity contribution in [2.45, 2.75) is 39.0 Å². The lowest BCUT2D eigenvalue weighted by molar-refractivity contribution is -0.137. The number of aryl methyl sites for hydroxylation is 3. The van der Waals surface area contributed by atoms with Crippen LogP contribution in [0.15, 0.2) is 29.1 Å². The van der Waals surface area contributed by atoms with Crippen LogP contribution in [0.1, 0.15) is 28.8 Å². The Morgan fingerprint density at radius 3 is 2.76 bits per heavy atom. The van der Waals surface area contributed by atoms with Gasteiger partial charge in [0.05, 0.1) is 11.3 Å². The molecule has 33 heavy (non-hydrogen) atoms. The van der Waals surface area contributed by atoms with Crippen LogP contribution in [0.5, 0.6) is 5.75 Å². The topological polar surface area (TPSA) is 109 Å². The Kier molecular flexibility index (Phi) is 7.11. The van der Waals surface area contributed by atoms with Gasteiger partial charge in [0, 0.05) is 31.0 Å². The van der Waals surface area contributed by atoms with Crippen molar-refractivity contribution in [1.29, 1.82) is 0 Å². The number of rotatable bonds is 8. The number of carbonyl (C=O) groups excluding carboxylic acids is 1. The third-order valence-corrected chi connectivity index (χ3v) is 5.30. The lowest BCUT2D eigenvalue weighted by Gasteiger charge is -2.14. The molecule has 11 heteroatoms. The number of amides is 1. The molecule has 0 aliphatic rings. The van der Waals surface area contributed by atoms with Crippen molar-refractivity contribution in [1.82, 2.24) is 20.1 Å². The molecule has 3 aromatic rings. The van der Waals surface area contributed by atoms with Crippen molar-refractivity contribution >= 4 is 16.9 Å². The highest BCUT2D eigenvalue weighted by Crippen LogP contribution is 2.31. The molecule has 0 fully saturated rings. The van der Waals surface area contributed by atoms with Crippen LogP contribution >= 0.6 is 0 Å². The van der Waals surface area contributed by atoms with E-state index >= 15 is 0 Å². The summed E-state index contributed by atoms with van der Waals surface area (Å²) in [6.07, 6.45) is -5.39. The molecule has 1 aromatic carbocycles. The number of alkyl halides is 3. The van der Waals surface area contributed by atoms with Crippen LogP contribution in [-0.2, 0) is 24.4 Å². The number of ether oxygens (including phenoxy) is 1. The number of aromatic nitrogens is 3. The predicted molar refractivity (Wildman–Crippen MR) is 115 cm³/mol. The molecule has 1 unspecified atom stereocenters. The Bertz CT molecular complexity index is 1220. The fraction of sp³-hybridized carbons (Fsp3) is 0.409. The van der Waals surface area contributed by atoms with Crippen LogP contribution in [0.4, 0.5) is 13.2 Å². The third-order valence-electron chi connectivity index (χ3n) is 5.30. The quantitative estimate of drug-likeness (QED) is 0.472. The van der Waals surface area contributed by atoms with Crippen LogP contribution in [0.25, 0.3) is 11.0 Å². The molecule has 1 amide bonds. The standard InChI is InChI=1S/C22H25F3N4O4/c1-12-17(21(32)27-20-19(12)13(2)28-29(20)3)7-8-18(31)26-10-15(30)11-33-16-6-4-5-14(9-16)22(23,24)25/h4-6,9,15,30H,7-8,10-11H2,1-3H3,(H,26,31)(H,27,32). The monoisotopic (exact) mass is 466 g/mol. The molecular weight excluding hydrogens is 441 g/mol. The van der Waals surface area contributed by atoms with E-state index in [0.717, 1.165) is 28.8 Å². The van der Waals surface area contributed by atoms with Crippen molar-refractivity contribution in [2.24, 2.45) is 7.05 Å². The zero-order chi connectivity index (χ0) is 24.3. The highest BCUT2D eigenvalue weighted by Gasteiger charge is 2.30. The van der Waals surface area contributed by atoms with E-state index in [1.807, 2.05) is 13.8 Å². The van der Waals surface area contributed by atoms with Crippen molar-refractivity contribution in [3.8, 4) is 5.75 Å². The van der Waals surface area contributed by atoms with E-state index in [0.29, 0.717) is 11.2 Å². The Morgan fingerprint density at radius 2 is 2.06 bits per heavy atom. The largest absolute Gasteiger partial charge is 0.491 e. The smallest absolute Gasteiger partial charge is 0.416 e. The normalized spacial score (nSPS) is 12.7. The van der Waals surface area contributed by atoms with Crippen LogP contribution in [-0.4, -0.2) is 45.0 Å². The summed E-state index contributed by atoms with van der Waals surface area (Å²) in [5.41, 5.74) is 1.50. The summed E-state index contributed by atoms with van der Waals surface area (Å²) in [4.78, 5) is 27.4. The zero-order valence-corrected chi connectivity index (χ0v) is 18.4. The SMILES string of the molecule is Cc1nn(C)c2[nH]c(=O)c(CCC(=O)NCC(O)COc3cccc(C(F)(F)F)c3)c(C)c12. The summed E-state index contributed by atoms with van der Waals surface area (Å²) in [5.74, 6) is -0.416. The van der Waals surface area contributed by atoms with Gasteiger partial charge in [0.2, 0.25) is 5.91 Å². The molecule has 0 saturated heterocycles. The number of aromatic amines is 1. The minimum atomic E-state index is -4.49. The maximum atomic E-state index is 12.7. The van der Waals surface area contributed by atoms with Crippen molar-refractivity contribution in [3.05, 3.63) is 57.0 Å². The first kappa shape index (κ1) is 24.3. The number of carbonyl (C=O) groups is 1. The summed E-state index contributed by atoms with van der Waals surface area (Å²) in [5, 5.41) is 17.7. The zero-order valence-electron chi connectivity index (χ0n) is 18.4. The molecule has 2 aromatic heterocycles. The second kappa shape index (κ2) is 9.65. The molecular formula is C22H25F3N4O4. The average molecular weight is 466 g/mol. The lowest BCUT2D eigenvalue weighted by Crippen LogP contribution is -2.35. The van der Waals surface area contributed by atoms with Crippen LogP contribution < -0.4 is 15.6 Å². The van der Waals surface area contributed by atoms with Gasteiger partial charge >= 0.3 is 6.18 Å². The molecule has 0 aliphatic carbocycles. The number of halogens is 3. The Labute approximate surface area is 187 Å². The van der Waals surface area contributed by atoms with Gasteiger partial charge in [-0.1, -0.05) is 6.07 Å². The highest BCUT2D eigenvalue weighted by atomic mass is 19.4. The van der Waals surface area contributed by atoms with Gasteiger partial charge in [-0.3, -0.25) is 14.3 Å². The van der Waals surface area contributed by atoms with Gasteiger partial charge in [-0.25, -0.2) is 0 Å². The maximum Gasteiger partial charge on any atom is 0.416 e. The van der Waals surface area contributed by atoms with E-state index in [2.05, 4.69) is 15.4 Å². The van der Waals surface area contributed by atoms with Crippen molar-refractivity contribution < 1.29 is 27.8 Å². The van der Waals surface area contributed by atoms with E-state index in [4.69, 9.17) is 4.74 Å². The Hall–Kier alpha value is -3.34. The molecule has 0 saturated carbocycles. The van der Waals surface area contributed by atoms with Gasteiger partial charge < -0.3 is 20.1 Å². The summed E-state index contributed by atoms with van der Waals surface area (Å²) in [6, 6.07) is 4.32. The first-order chi connectivity index (χ1) is 15.5. The molecule has 178 valence electrons. The number of aliphatic hydroxyl groups is 1. The minimum Gasteiger partial charge on any atom is -0.491 e. The number of H-pyrrole nitrogens is 1. The predicted octanol–water partition coefficient (Wildman–Crippen LogP) is 2.39. The van der Waals surface area contributed by atoms with Gasteiger partial charge in [-0.2, -0.15) is 18.3 Å². The summed E-state index contributed by atoms with van der Waals surface area (Å²) >= 11 is 0. The second-order valence-electron chi connectivity index (χ2n) is 7.78. The number of fused-ring (bicyclic) bond motifs is 1. The van der Waals surface area contributed by atoms with Crippen LogP contribution in [0.2, 0.25) is 0 Å². The molecule has 0 spiro atoms. The number of benzene rings is 1. The van der Waals surface area contributed by atoms with E-state index in [1.54, 1.807) is 11.7 Å². The van der Waals surface area contributed by atoms with E-state index in [9.17, 15) is 27.9 Å². The third kappa shape index (κ3) is 5.72. The second-order valence-corrected chi connectivity index (χ2v) is 7.78. The summed E-state index contributed by atoms with van der Waals surface area (Å²) < 4.78 is 45.0. The summed E-state index contributed by atoms with van der Waals surface area (Å²) in [6.45, 7) is 3.21. The average Bonchev–Trinajstić information content (AvgIpc) is 3.03. The van der Waals surface area contributed by atoms with Gasteiger partial charge in [0.1, 0.15) is 24.1 Å². The van der Waals surface area contributed by atoms with Crippen molar-refractivity contribution in [2.75, 3.05) is 13.2 Å². The van der Waals surface area contributed by atoms with Gasteiger partial charge in [-0.05, 0) is 44.0 Å². The minimum absolute atomic E-state index is 0.0238. The molecule has 0 bridgehead atoms. The number of aliphatic hydroxyl groups excluding tert-OH is 1. The first-order valence-corrected chi connectivity index (χ1v) is 10.3. The number of hydrogen-bond acceptors (Lipinski definition) is 5. The van der Waals surface area contributed by atoms with E-state index in [1.165, 1.54) is 12.1 Å². The summed E-state index contributed by atoms with van der Waals surface area (Å²) in [7, 11) is 1.74. The molecule has 3 N–H and O–H groups in total. The van der Waals surface area contributed by atoms with Gasteiger partial charge in [0.25, 0.3) is 5.56 Å². The number of pyridine rings is 1. The van der Waals surface area contributed by atoms with Gasteiger partial charge in [-0.15, -0.1) is 0 Å². The maximum absolute atomic E-state index is 12.7. The Morgan fingerprint density at radius 1 is 1.33 bits per heavy atom. The number of hydrogen-bond donors (Lipinski definition) is 3. The molecule has 2 heterocycles. The lowest BCUT2D eigenvalue weighted by atomic mass is 10.0. The van der Waals surface area contributed by atoms with Crippen LogP contribution in [0, 0.1) is 13.8 Å². The van der Waals surface area contributed by atoms with Crippen LogP contribution in [0.3, 0.4) is 0 Å². The highest BCUT2D eigenvalue weighted by molar-refractivity contribution is 5.83. The molecule has 8 nitrogen and oxygen atoms in total. The molecule has 3 rings (SSSR count). The first-order valence-electron chi connectivity index (χ1n) is 10.3. The fourth-order valence-electron chi connectivity index (χ4n) is 3.63. The van der Waals surface area contributed by atoms with Gasteiger partial charge in [0.15, 0.2) is 0 Å². The number of nitrogens with zero attached hydrogens (tertiary/aromatic N) is 2. The molecule has 0 radical (unpaired) electrons. The molecule has 1 atom stereocenters. The van der Waals surface area contributed by atoms with E-state index in [-0.39, 0.29) is 43.2 Å². The van der Waals surface area contributed by atoms with Crippen molar-refractivity contribution in [3.63, 3.8) is 0 Å². The Balaban J connectivity index is 1.51.